The maximum absolute atomic E-state index is 13.5. The largest absolute Gasteiger partial charge is 0.416 e. The smallest absolute Gasteiger partial charge is 0.399 e. The fraction of sp³-hybridized carbons (Fsp3) is 0.182. The van der Waals surface area contributed by atoms with Crippen LogP contribution in [0.15, 0.2) is 77.7 Å². The SMILES string of the molecule is CS(=O)(=O)c1ccc(CN(Cc2ccccc2C(F)(F)F)c2cccc(N)c2)cc1. The van der Waals surface area contributed by atoms with E-state index < -0.39 is 21.6 Å². The van der Waals surface area contributed by atoms with E-state index in [9.17, 15) is 21.6 Å². The minimum absolute atomic E-state index is 0.00691. The first-order chi connectivity index (χ1) is 14.0. The van der Waals surface area contributed by atoms with E-state index >= 15 is 0 Å². The van der Waals surface area contributed by atoms with Crippen LogP contribution in [0.4, 0.5) is 24.5 Å². The molecule has 0 fully saturated rings. The Morgan fingerprint density at radius 3 is 2.17 bits per heavy atom. The zero-order valence-corrected chi connectivity index (χ0v) is 17.0. The molecule has 0 aromatic heterocycles. The van der Waals surface area contributed by atoms with Crippen LogP contribution in [-0.2, 0) is 29.1 Å². The van der Waals surface area contributed by atoms with Gasteiger partial charge in [0.2, 0.25) is 0 Å². The molecule has 158 valence electrons. The van der Waals surface area contributed by atoms with Gasteiger partial charge in [-0.15, -0.1) is 0 Å². The Morgan fingerprint density at radius 1 is 0.900 bits per heavy atom. The lowest BCUT2D eigenvalue weighted by Crippen LogP contribution is -2.24. The van der Waals surface area contributed by atoms with Crippen molar-refractivity contribution >= 4 is 21.2 Å². The molecule has 0 atom stereocenters. The number of nitrogen functional groups attached to an aromatic ring is 1. The molecule has 0 amide bonds. The van der Waals surface area contributed by atoms with Crippen LogP contribution < -0.4 is 10.6 Å². The van der Waals surface area contributed by atoms with Crippen molar-refractivity contribution in [2.75, 3.05) is 16.9 Å². The van der Waals surface area contributed by atoms with Crippen LogP contribution in [0.1, 0.15) is 16.7 Å². The topological polar surface area (TPSA) is 63.4 Å². The Bertz CT molecular complexity index is 1130. The number of anilines is 2. The maximum atomic E-state index is 13.5. The normalized spacial score (nSPS) is 12.0. The summed E-state index contributed by atoms with van der Waals surface area (Å²) in [4.78, 5) is 1.96. The number of sulfone groups is 1. The molecular formula is C22H21F3N2O2S. The molecule has 0 saturated carbocycles. The molecule has 30 heavy (non-hydrogen) atoms. The molecule has 0 aliphatic heterocycles. The molecule has 0 unspecified atom stereocenters. The van der Waals surface area contributed by atoms with Crippen molar-refractivity contribution in [1.29, 1.82) is 0 Å². The van der Waals surface area contributed by atoms with E-state index in [0.29, 0.717) is 11.4 Å². The fourth-order valence-corrected chi connectivity index (χ4v) is 3.79. The Kier molecular flexibility index (Phi) is 6.07. The monoisotopic (exact) mass is 434 g/mol. The molecule has 0 bridgehead atoms. The molecule has 0 radical (unpaired) electrons. The average Bonchev–Trinajstić information content (AvgIpc) is 2.67. The van der Waals surface area contributed by atoms with E-state index in [0.717, 1.165) is 17.9 Å². The van der Waals surface area contributed by atoms with Crippen molar-refractivity contribution in [2.45, 2.75) is 24.2 Å². The van der Waals surface area contributed by atoms with Gasteiger partial charge in [-0.1, -0.05) is 36.4 Å². The number of benzene rings is 3. The molecule has 0 aliphatic carbocycles. The fourth-order valence-electron chi connectivity index (χ4n) is 3.16. The highest BCUT2D eigenvalue weighted by atomic mass is 32.2. The van der Waals surface area contributed by atoms with Gasteiger partial charge in [0.25, 0.3) is 0 Å². The predicted molar refractivity (Wildman–Crippen MR) is 112 cm³/mol. The molecule has 4 nitrogen and oxygen atoms in total. The van der Waals surface area contributed by atoms with Crippen LogP contribution in [0.5, 0.6) is 0 Å². The van der Waals surface area contributed by atoms with Gasteiger partial charge in [-0.3, -0.25) is 0 Å². The van der Waals surface area contributed by atoms with Crippen LogP contribution in [0.25, 0.3) is 0 Å². The molecule has 3 aromatic carbocycles. The molecule has 0 aliphatic rings. The summed E-state index contributed by atoms with van der Waals surface area (Å²) in [6.07, 6.45) is -3.34. The third-order valence-electron chi connectivity index (χ3n) is 4.64. The second kappa shape index (κ2) is 8.39. The second-order valence-corrected chi connectivity index (χ2v) is 9.04. The van der Waals surface area contributed by atoms with E-state index in [1.54, 1.807) is 47.4 Å². The molecule has 0 spiro atoms. The van der Waals surface area contributed by atoms with Gasteiger partial charge in [0, 0.05) is 30.7 Å². The number of nitrogens with two attached hydrogens (primary N) is 1. The van der Waals surface area contributed by atoms with Crippen molar-refractivity contribution in [3.05, 3.63) is 89.5 Å². The van der Waals surface area contributed by atoms with Crippen LogP contribution in [-0.4, -0.2) is 14.7 Å². The Hall–Kier alpha value is -3.00. The zero-order chi connectivity index (χ0) is 21.9. The summed E-state index contributed by atoms with van der Waals surface area (Å²) in [6.45, 7) is 0.284. The Balaban J connectivity index is 1.97. The summed E-state index contributed by atoms with van der Waals surface area (Å²) in [7, 11) is -3.33. The highest BCUT2D eigenvalue weighted by Gasteiger charge is 2.33. The quantitative estimate of drug-likeness (QED) is 0.561. The van der Waals surface area contributed by atoms with E-state index in [4.69, 9.17) is 5.73 Å². The lowest BCUT2D eigenvalue weighted by Gasteiger charge is -2.27. The molecule has 0 heterocycles. The number of alkyl halides is 3. The third kappa shape index (κ3) is 5.33. The maximum Gasteiger partial charge on any atom is 0.416 e. The van der Waals surface area contributed by atoms with Gasteiger partial charge in [-0.2, -0.15) is 13.2 Å². The minimum atomic E-state index is -4.46. The van der Waals surface area contributed by atoms with E-state index in [2.05, 4.69) is 0 Å². The first-order valence-electron chi connectivity index (χ1n) is 9.08. The summed E-state index contributed by atoms with van der Waals surface area (Å²) >= 11 is 0. The van der Waals surface area contributed by atoms with Crippen LogP contribution in [0, 0.1) is 0 Å². The summed E-state index contributed by atoms with van der Waals surface area (Å²) in [5, 5.41) is 0. The second-order valence-electron chi connectivity index (χ2n) is 7.02. The van der Waals surface area contributed by atoms with Gasteiger partial charge in [-0.05, 0) is 47.5 Å². The molecule has 3 aromatic rings. The van der Waals surface area contributed by atoms with Crippen LogP contribution >= 0.6 is 0 Å². The minimum Gasteiger partial charge on any atom is -0.399 e. The van der Waals surface area contributed by atoms with Crippen molar-refractivity contribution in [3.8, 4) is 0 Å². The van der Waals surface area contributed by atoms with Crippen molar-refractivity contribution in [3.63, 3.8) is 0 Å². The highest BCUT2D eigenvalue weighted by Crippen LogP contribution is 2.33. The van der Waals surface area contributed by atoms with E-state index in [1.165, 1.54) is 24.3 Å². The standard InChI is InChI=1S/C22H21F3N2O2S/c1-30(28,29)20-11-9-16(10-12-20)14-27(19-7-4-6-18(26)13-19)15-17-5-2-3-8-21(17)22(23,24)25/h2-13H,14-15,26H2,1H3. The van der Waals surface area contributed by atoms with Gasteiger partial charge in [0.15, 0.2) is 9.84 Å². The van der Waals surface area contributed by atoms with E-state index in [-0.39, 0.29) is 23.5 Å². The summed E-state index contributed by atoms with van der Waals surface area (Å²) in [6, 6.07) is 18.7. The summed E-state index contributed by atoms with van der Waals surface area (Å²) < 4.78 is 63.7. The molecule has 8 heteroatoms. The van der Waals surface area contributed by atoms with Crippen LogP contribution in [0.2, 0.25) is 0 Å². The highest BCUT2D eigenvalue weighted by molar-refractivity contribution is 7.90. The summed E-state index contributed by atoms with van der Waals surface area (Å²) in [5.41, 5.74) is 7.25. The molecule has 0 saturated heterocycles. The Morgan fingerprint density at radius 2 is 1.57 bits per heavy atom. The number of rotatable bonds is 6. The molecule has 3 rings (SSSR count). The van der Waals surface area contributed by atoms with E-state index in [1.807, 2.05) is 0 Å². The molecule has 2 N–H and O–H groups in total. The van der Waals surface area contributed by atoms with Crippen LogP contribution in [0.3, 0.4) is 0 Å². The number of nitrogens with zero attached hydrogens (tertiary/aromatic N) is 1. The lowest BCUT2D eigenvalue weighted by atomic mass is 10.1. The Labute approximate surface area is 173 Å². The van der Waals surface area contributed by atoms with Crippen molar-refractivity contribution in [1.82, 2.24) is 0 Å². The summed E-state index contributed by atoms with van der Waals surface area (Å²) in [5.74, 6) is 0. The van der Waals surface area contributed by atoms with Gasteiger partial charge in [0.1, 0.15) is 0 Å². The average molecular weight is 434 g/mol. The van der Waals surface area contributed by atoms with Gasteiger partial charge >= 0.3 is 6.18 Å². The number of hydrogen-bond acceptors (Lipinski definition) is 4. The zero-order valence-electron chi connectivity index (χ0n) is 16.2. The molecular weight excluding hydrogens is 413 g/mol. The van der Waals surface area contributed by atoms with Gasteiger partial charge in [-0.25, -0.2) is 8.42 Å². The first kappa shape index (κ1) is 21.7. The predicted octanol–water partition coefficient (Wildman–Crippen LogP) is 4.90. The first-order valence-corrected chi connectivity index (χ1v) is 11.0. The number of hydrogen-bond donors (Lipinski definition) is 1. The van der Waals surface area contributed by atoms with Gasteiger partial charge in [0.05, 0.1) is 10.5 Å². The third-order valence-corrected chi connectivity index (χ3v) is 5.77. The number of halogens is 3. The van der Waals surface area contributed by atoms with Crippen molar-refractivity contribution in [2.24, 2.45) is 0 Å². The van der Waals surface area contributed by atoms with Gasteiger partial charge < -0.3 is 10.6 Å². The van der Waals surface area contributed by atoms with Crippen molar-refractivity contribution < 1.29 is 21.6 Å². The lowest BCUT2D eigenvalue weighted by molar-refractivity contribution is -0.138.